The van der Waals surface area contributed by atoms with Crippen molar-refractivity contribution in [3.63, 3.8) is 0 Å². The monoisotopic (exact) mass is 540 g/mol. The number of rotatable bonds is 8. The average Bonchev–Trinajstić information content (AvgIpc) is 2.96. The summed E-state index contributed by atoms with van der Waals surface area (Å²) in [4.78, 5) is 63.6. The van der Waals surface area contributed by atoms with Gasteiger partial charge in [0.05, 0.1) is 10.4 Å². The molecule has 0 saturated heterocycles. The molecule has 0 fully saturated rings. The largest absolute Gasteiger partial charge is 0.419 e. The van der Waals surface area contributed by atoms with Crippen LogP contribution in [-0.4, -0.2) is 36.1 Å². The molecule has 0 aliphatic heterocycles. The van der Waals surface area contributed by atoms with Gasteiger partial charge in [0, 0.05) is 49.7 Å². The van der Waals surface area contributed by atoms with E-state index in [2.05, 4.69) is 19.8 Å². The molecule has 0 N–H and O–H groups in total. The van der Waals surface area contributed by atoms with Crippen molar-refractivity contribution in [2.45, 2.75) is 27.7 Å². The highest BCUT2D eigenvalue weighted by molar-refractivity contribution is 5.78. The topological polar surface area (TPSA) is 127 Å². The zero-order valence-corrected chi connectivity index (χ0v) is 22.7. The fourth-order valence-electron chi connectivity index (χ4n) is 4.73. The van der Waals surface area contributed by atoms with Gasteiger partial charge in [0.2, 0.25) is 10.9 Å². The van der Waals surface area contributed by atoms with E-state index in [-0.39, 0.29) is 21.8 Å². The van der Waals surface area contributed by atoms with E-state index in [1.165, 1.54) is 0 Å². The van der Waals surface area contributed by atoms with Crippen LogP contribution in [0.1, 0.15) is 39.1 Å². The van der Waals surface area contributed by atoms with Crippen molar-refractivity contribution in [3.05, 3.63) is 99.5 Å². The third-order valence-corrected chi connectivity index (χ3v) is 6.99. The Bertz CT molecular complexity index is 1880. The highest BCUT2D eigenvalue weighted by atomic mass is 16.4. The molecule has 0 aliphatic rings. The van der Waals surface area contributed by atoms with Gasteiger partial charge in [-0.05, 0) is 64.1 Å². The second-order valence-corrected chi connectivity index (χ2v) is 9.20. The maximum absolute atomic E-state index is 12.8. The second-order valence-electron chi connectivity index (χ2n) is 9.20. The van der Waals surface area contributed by atoms with E-state index in [4.69, 9.17) is 8.83 Å². The molecular weight excluding hydrogens is 512 g/mol. The lowest BCUT2D eigenvalue weighted by molar-refractivity contribution is 0.552. The number of fused-ring (bicyclic) bond motifs is 2. The molecule has 3 aromatic carbocycles. The van der Waals surface area contributed by atoms with Crippen molar-refractivity contribution in [1.29, 1.82) is 0 Å². The Morgan fingerprint density at radius 2 is 1.00 bits per heavy atom. The van der Waals surface area contributed by atoms with E-state index in [1.807, 2.05) is 39.8 Å². The smallest absolute Gasteiger partial charge is 0.362 e. The van der Waals surface area contributed by atoms with Gasteiger partial charge in [-0.2, -0.15) is 0 Å². The van der Waals surface area contributed by atoms with Crippen molar-refractivity contribution >= 4 is 45.7 Å². The number of hydrogen-bond donors (Lipinski definition) is 0. The van der Waals surface area contributed by atoms with Gasteiger partial charge in [0.15, 0.2) is 22.6 Å². The molecule has 0 radical (unpaired) electrons. The summed E-state index contributed by atoms with van der Waals surface area (Å²) < 4.78 is 10.9. The van der Waals surface area contributed by atoms with Gasteiger partial charge in [-0.1, -0.05) is 0 Å². The van der Waals surface area contributed by atoms with Crippen LogP contribution in [0.3, 0.4) is 0 Å². The Labute approximate surface area is 227 Å². The average molecular weight is 541 g/mol. The van der Waals surface area contributed by atoms with Gasteiger partial charge >= 0.3 is 11.3 Å². The van der Waals surface area contributed by atoms with Crippen molar-refractivity contribution < 1.29 is 8.83 Å². The molecule has 10 nitrogen and oxygen atoms in total. The first kappa shape index (κ1) is 26.7. The summed E-state index contributed by atoms with van der Waals surface area (Å²) >= 11 is 0. The van der Waals surface area contributed by atoms with Crippen LogP contribution in [0.4, 0.5) is 11.4 Å². The first-order valence-corrected chi connectivity index (χ1v) is 13.2. The predicted octanol–water partition coefficient (Wildman–Crippen LogP) is 1.64. The molecule has 0 aliphatic carbocycles. The summed E-state index contributed by atoms with van der Waals surface area (Å²) in [7, 11) is 0. The molecule has 5 aromatic rings. The third-order valence-electron chi connectivity index (χ3n) is 6.99. The Morgan fingerprint density at radius 3 is 1.35 bits per heavy atom. The van der Waals surface area contributed by atoms with Crippen LogP contribution in [-0.2, 0) is 0 Å². The lowest BCUT2D eigenvalue weighted by Gasteiger charge is -2.20. The molecule has 0 unspecified atom stereocenters. The van der Waals surface area contributed by atoms with Gasteiger partial charge in [0.25, 0.3) is 0 Å². The molecule has 0 saturated carbocycles. The van der Waals surface area contributed by atoms with Crippen LogP contribution in [0.5, 0.6) is 0 Å². The molecule has 5 rings (SSSR count). The van der Waals surface area contributed by atoms with Crippen LogP contribution >= 0.6 is 0 Å². The number of aromatic nitrogens is 2. The summed E-state index contributed by atoms with van der Waals surface area (Å²) in [5.41, 5.74) is 0.126. The molecule has 0 bridgehead atoms. The minimum absolute atomic E-state index is 0.161. The highest BCUT2D eigenvalue weighted by Crippen LogP contribution is 2.21. The quantitative estimate of drug-likeness (QED) is 0.287. The summed E-state index contributed by atoms with van der Waals surface area (Å²) in [5.74, 6) is 0. The first-order chi connectivity index (χ1) is 19.3. The Morgan fingerprint density at radius 1 is 0.625 bits per heavy atom. The van der Waals surface area contributed by atoms with E-state index in [1.54, 1.807) is 24.3 Å². The Kier molecular flexibility index (Phi) is 7.17. The normalized spacial score (nSPS) is 11.3. The van der Waals surface area contributed by atoms with Crippen molar-refractivity contribution in [2.75, 3.05) is 36.0 Å². The summed E-state index contributed by atoms with van der Waals surface area (Å²) in [6.45, 7) is 11.3. The van der Waals surface area contributed by atoms with Gasteiger partial charge in [-0.15, -0.1) is 0 Å². The van der Waals surface area contributed by atoms with E-state index < -0.39 is 22.1 Å². The Hall–Kier alpha value is -4.86. The van der Waals surface area contributed by atoms with E-state index >= 15 is 0 Å². The lowest BCUT2D eigenvalue weighted by atomic mass is 10.1. The van der Waals surface area contributed by atoms with Crippen LogP contribution in [0.2, 0.25) is 0 Å². The predicted molar refractivity (Wildman–Crippen MR) is 155 cm³/mol. The van der Waals surface area contributed by atoms with Gasteiger partial charge < -0.3 is 18.6 Å². The van der Waals surface area contributed by atoms with Crippen molar-refractivity contribution in [1.82, 2.24) is 9.97 Å². The van der Waals surface area contributed by atoms with Crippen molar-refractivity contribution in [2.24, 2.45) is 0 Å². The molecule has 2 aromatic heterocycles. The standard InChI is InChI=1S/C30H28N4O6/c1-5-33(6-2)17-9-11-21-25(13-17)39-29(37)23(31-21)15-19-27(35)20(28(19)36)16-24-30(38)40-26-14-18(34(7-3)8-4)10-12-22(26)32-24/h9-16H,5-8H2,1-4H3. The fourth-order valence-corrected chi connectivity index (χ4v) is 4.73. The summed E-state index contributed by atoms with van der Waals surface area (Å²) in [5, 5.41) is -0.446. The minimum Gasteiger partial charge on any atom is -0.419 e. The van der Waals surface area contributed by atoms with E-state index in [9.17, 15) is 19.2 Å². The summed E-state index contributed by atoms with van der Waals surface area (Å²) in [6.07, 6.45) is 2.24. The molecule has 10 heteroatoms. The highest BCUT2D eigenvalue weighted by Gasteiger charge is 2.15. The number of benzene rings is 2. The van der Waals surface area contributed by atoms with E-state index in [0.29, 0.717) is 22.2 Å². The fraction of sp³-hybridized carbons (Fsp3) is 0.267. The van der Waals surface area contributed by atoms with Crippen molar-refractivity contribution in [3.8, 4) is 0 Å². The second kappa shape index (κ2) is 10.7. The first-order valence-electron chi connectivity index (χ1n) is 13.2. The molecule has 0 amide bonds. The maximum Gasteiger partial charge on any atom is 0.362 e. The summed E-state index contributed by atoms with van der Waals surface area (Å²) in [6, 6.07) is 10.7. The zero-order chi connectivity index (χ0) is 28.6. The van der Waals surface area contributed by atoms with Crippen LogP contribution in [0.25, 0.3) is 34.4 Å². The number of anilines is 2. The van der Waals surface area contributed by atoms with Crippen LogP contribution < -0.4 is 42.3 Å². The van der Waals surface area contributed by atoms with Crippen LogP contribution in [0.15, 0.2) is 64.4 Å². The number of hydrogen-bond acceptors (Lipinski definition) is 10. The van der Waals surface area contributed by atoms with Gasteiger partial charge in [-0.25, -0.2) is 19.6 Å². The third kappa shape index (κ3) is 4.72. The van der Waals surface area contributed by atoms with Gasteiger partial charge in [-0.3, -0.25) is 9.59 Å². The molecule has 0 atom stereocenters. The van der Waals surface area contributed by atoms with Crippen LogP contribution in [0, 0.1) is 0 Å². The number of nitrogens with zero attached hydrogens (tertiary/aromatic N) is 4. The lowest BCUT2D eigenvalue weighted by Crippen LogP contribution is -2.64. The Balaban J connectivity index is 1.53. The molecule has 2 heterocycles. The van der Waals surface area contributed by atoms with E-state index in [0.717, 1.165) is 49.7 Å². The molecule has 0 spiro atoms. The molecule has 40 heavy (non-hydrogen) atoms. The SMILES string of the molecule is CCN(CC)c1ccc2nc(C=c3c(=O)c(=Cc4nc5ccc(N(CC)CC)cc5oc4=O)c3=O)c(=O)oc2c1. The zero-order valence-electron chi connectivity index (χ0n) is 22.7. The molecular formula is C30H28N4O6. The minimum atomic E-state index is -0.768. The maximum atomic E-state index is 12.8. The molecule has 204 valence electrons. The van der Waals surface area contributed by atoms with Gasteiger partial charge in [0.1, 0.15) is 11.0 Å².